The predicted molar refractivity (Wildman–Crippen MR) is 64.3 cm³/mol. The third-order valence-corrected chi connectivity index (χ3v) is 2.80. The minimum atomic E-state index is -1.28. The smallest absolute Gasteiger partial charge is 0.254 e. The SMILES string of the molecule is CCc1nc(-c2cc(F)c(F)cc2F)c(C)c(=O)[nH]1. The highest BCUT2D eigenvalue weighted by Gasteiger charge is 2.16. The summed E-state index contributed by atoms with van der Waals surface area (Å²) in [5.74, 6) is -3.06. The van der Waals surface area contributed by atoms with E-state index in [9.17, 15) is 18.0 Å². The third-order valence-electron chi connectivity index (χ3n) is 2.80. The van der Waals surface area contributed by atoms with Gasteiger partial charge in [-0.3, -0.25) is 4.79 Å². The second kappa shape index (κ2) is 4.87. The van der Waals surface area contributed by atoms with Gasteiger partial charge in [0.2, 0.25) is 0 Å². The van der Waals surface area contributed by atoms with Crippen LogP contribution in [0.25, 0.3) is 11.3 Å². The van der Waals surface area contributed by atoms with Crippen LogP contribution in [0.1, 0.15) is 18.3 Å². The van der Waals surface area contributed by atoms with Gasteiger partial charge in [0.05, 0.1) is 5.69 Å². The van der Waals surface area contributed by atoms with Gasteiger partial charge in [0, 0.05) is 23.6 Å². The van der Waals surface area contributed by atoms with Crippen molar-refractivity contribution in [3.05, 3.63) is 51.3 Å². The molecule has 0 saturated heterocycles. The lowest BCUT2D eigenvalue weighted by molar-refractivity contribution is 0.496. The Morgan fingerprint density at radius 1 is 1.16 bits per heavy atom. The molecule has 6 heteroatoms. The Hall–Kier alpha value is -2.11. The summed E-state index contributed by atoms with van der Waals surface area (Å²) < 4.78 is 39.8. The number of aryl methyl sites for hydroxylation is 1. The minimum absolute atomic E-state index is 0.0250. The van der Waals surface area contributed by atoms with Crippen molar-refractivity contribution >= 4 is 0 Å². The number of halogens is 3. The summed E-state index contributed by atoms with van der Waals surface area (Å²) in [6.07, 6.45) is 0.438. The van der Waals surface area contributed by atoms with Gasteiger partial charge in [-0.05, 0) is 13.0 Å². The quantitative estimate of drug-likeness (QED) is 0.851. The predicted octanol–water partition coefficient (Wildman–Crippen LogP) is 2.73. The van der Waals surface area contributed by atoms with Gasteiger partial charge in [-0.15, -0.1) is 0 Å². The number of aromatic amines is 1. The number of aromatic nitrogens is 2. The molecule has 0 radical (unpaired) electrons. The molecule has 0 fully saturated rings. The van der Waals surface area contributed by atoms with Crippen molar-refractivity contribution < 1.29 is 13.2 Å². The molecule has 0 saturated carbocycles. The first-order valence-electron chi connectivity index (χ1n) is 5.68. The van der Waals surface area contributed by atoms with Crippen LogP contribution in [0.3, 0.4) is 0 Å². The first kappa shape index (κ1) is 13.3. The largest absolute Gasteiger partial charge is 0.310 e. The van der Waals surface area contributed by atoms with Crippen molar-refractivity contribution in [2.24, 2.45) is 0 Å². The molecule has 0 unspecified atom stereocenters. The number of rotatable bonds is 2. The fourth-order valence-corrected chi connectivity index (χ4v) is 1.71. The molecular weight excluding hydrogens is 257 g/mol. The zero-order valence-electron chi connectivity index (χ0n) is 10.4. The Bertz CT molecular complexity index is 695. The monoisotopic (exact) mass is 268 g/mol. The molecule has 3 nitrogen and oxygen atoms in total. The van der Waals surface area contributed by atoms with Gasteiger partial charge >= 0.3 is 0 Å². The van der Waals surface area contributed by atoms with Gasteiger partial charge in [-0.2, -0.15) is 0 Å². The van der Waals surface area contributed by atoms with E-state index in [0.29, 0.717) is 24.4 Å². The van der Waals surface area contributed by atoms with Crippen molar-refractivity contribution in [1.82, 2.24) is 9.97 Å². The molecule has 100 valence electrons. The van der Waals surface area contributed by atoms with Crippen molar-refractivity contribution in [2.75, 3.05) is 0 Å². The molecule has 1 heterocycles. The Morgan fingerprint density at radius 3 is 2.42 bits per heavy atom. The fourth-order valence-electron chi connectivity index (χ4n) is 1.71. The van der Waals surface area contributed by atoms with Gasteiger partial charge in [0.15, 0.2) is 11.6 Å². The average Bonchev–Trinajstić information content (AvgIpc) is 2.37. The lowest BCUT2D eigenvalue weighted by Crippen LogP contribution is -2.16. The normalized spacial score (nSPS) is 10.8. The van der Waals surface area contributed by atoms with Crippen molar-refractivity contribution in [2.45, 2.75) is 20.3 Å². The van der Waals surface area contributed by atoms with Crippen molar-refractivity contribution in [3.63, 3.8) is 0 Å². The molecule has 1 aromatic heterocycles. The highest BCUT2D eigenvalue weighted by atomic mass is 19.2. The van der Waals surface area contributed by atoms with E-state index in [2.05, 4.69) is 9.97 Å². The van der Waals surface area contributed by atoms with E-state index < -0.39 is 23.0 Å². The molecular formula is C13H11F3N2O. The van der Waals surface area contributed by atoms with Crippen LogP contribution in [-0.4, -0.2) is 9.97 Å². The zero-order chi connectivity index (χ0) is 14.2. The molecule has 1 N–H and O–H groups in total. The van der Waals surface area contributed by atoms with E-state index in [4.69, 9.17) is 0 Å². The van der Waals surface area contributed by atoms with Crippen LogP contribution in [0.2, 0.25) is 0 Å². The topological polar surface area (TPSA) is 45.8 Å². The van der Waals surface area contributed by atoms with Gasteiger partial charge < -0.3 is 4.98 Å². The third kappa shape index (κ3) is 2.38. The highest BCUT2D eigenvalue weighted by molar-refractivity contribution is 5.63. The first-order valence-corrected chi connectivity index (χ1v) is 5.68. The number of hydrogen-bond donors (Lipinski definition) is 1. The molecule has 1 aromatic carbocycles. The second-order valence-electron chi connectivity index (χ2n) is 4.09. The van der Waals surface area contributed by atoms with Gasteiger partial charge in [0.1, 0.15) is 11.6 Å². The van der Waals surface area contributed by atoms with E-state index >= 15 is 0 Å². The Morgan fingerprint density at radius 2 is 1.79 bits per heavy atom. The Labute approximate surface area is 107 Å². The van der Waals surface area contributed by atoms with Crippen LogP contribution >= 0.6 is 0 Å². The van der Waals surface area contributed by atoms with E-state index in [1.54, 1.807) is 6.92 Å². The molecule has 0 bridgehead atoms. The average molecular weight is 268 g/mol. The molecule has 2 rings (SSSR count). The van der Waals surface area contributed by atoms with Crippen molar-refractivity contribution in [1.29, 1.82) is 0 Å². The van der Waals surface area contributed by atoms with Crippen LogP contribution in [-0.2, 0) is 6.42 Å². The molecule has 0 spiro atoms. The number of nitrogens with zero attached hydrogens (tertiary/aromatic N) is 1. The molecule has 0 amide bonds. The summed E-state index contributed by atoms with van der Waals surface area (Å²) in [5, 5.41) is 0. The van der Waals surface area contributed by atoms with Crippen LogP contribution in [0, 0.1) is 24.4 Å². The van der Waals surface area contributed by atoms with Gasteiger partial charge in [-0.25, -0.2) is 18.2 Å². The standard InChI is InChI=1S/C13H11F3N2O/c1-3-11-17-12(6(2)13(19)18-11)7-4-9(15)10(16)5-8(7)14/h4-5H,3H2,1-2H3,(H,17,18,19). The first-order chi connectivity index (χ1) is 8.93. The summed E-state index contributed by atoms with van der Waals surface area (Å²) in [5.41, 5.74) is -0.470. The molecule has 0 aliphatic rings. The number of nitrogens with one attached hydrogen (secondary N) is 1. The maximum absolute atomic E-state index is 13.7. The van der Waals surface area contributed by atoms with Gasteiger partial charge in [0.25, 0.3) is 5.56 Å². The molecule has 19 heavy (non-hydrogen) atoms. The summed E-state index contributed by atoms with van der Waals surface area (Å²) in [6.45, 7) is 3.21. The Balaban J connectivity index is 2.75. The van der Waals surface area contributed by atoms with Crippen LogP contribution in [0.5, 0.6) is 0 Å². The summed E-state index contributed by atoms with van der Waals surface area (Å²) in [7, 11) is 0. The lowest BCUT2D eigenvalue weighted by atomic mass is 10.1. The second-order valence-corrected chi connectivity index (χ2v) is 4.09. The van der Waals surface area contributed by atoms with Crippen molar-refractivity contribution in [3.8, 4) is 11.3 Å². The van der Waals surface area contributed by atoms with Crippen LogP contribution in [0.15, 0.2) is 16.9 Å². The maximum atomic E-state index is 13.7. The fraction of sp³-hybridized carbons (Fsp3) is 0.231. The summed E-state index contributed by atoms with van der Waals surface area (Å²) in [6, 6.07) is 1.15. The number of H-pyrrole nitrogens is 1. The van der Waals surface area contributed by atoms with Crippen LogP contribution in [0.4, 0.5) is 13.2 Å². The molecule has 0 atom stereocenters. The number of benzene rings is 1. The highest BCUT2D eigenvalue weighted by Crippen LogP contribution is 2.25. The molecule has 0 aliphatic heterocycles. The zero-order valence-corrected chi connectivity index (χ0v) is 10.4. The lowest BCUT2D eigenvalue weighted by Gasteiger charge is -2.08. The summed E-state index contributed by atoms with van der Waals surface area (Å²) in [4.78, 5) is 18.3. The Kier molecular flexibility index (Phi) is 3.42. The maximum Gasteiger partial charge on any atom is 0.254 e. The minimum Gasteiger partial charge on any atom is -0.310 e. The van der Waals surface area contributed by atoms with E-state index in [1.165, 1.54) is 6.92 Å². The molecule has 2 aromatic rings. The molecule has 0 aliphatic carbocycles. The van der Waals surface area contributed by atoms with E-state index in [1.807, 2.05) is 0 Å². The number of hydrogen-bond acceptors (Lipinski definition) is 2. The van der Waals surface area contributed by atoms with Gasteiger partial charge in [-0.1, -0.05) is 6.92 Å². The van der Waals surface area contributed by atoms with E-state index in [0.717, 1.165) is 0 Å². The van der Waals surface area contributed by atoms with E-state index in [-0.39, 0.29) is 16.8 Å². The van der Waals surface area contributed by atoms with Crippen LogP contribution < -0.4 is 5.56 Å². The summed E-state index contributed by atoms with van der Waals surface area (Å²) >= 11 is 0.